The van der Waals surface area contributed by atoms with Gasteiger partial charge in [0.05, 0.1) is 19.8 Å². The molecule has 0 saturated heterocycles. The Balaban J connectivity index is 4.71. The van der Waals surface area contributed by atoms with Gasteiger partial charge in [0.1, 0.15) is 12.7 Å². The third-order valence-electron chi connectivity index (χ3n) is 12.3. The molecule has 0 saturated carbocycles. The van der Waals surface area contributed by atoms with E-state index in [1.807, 2.05) is 12.2 Å². The number of allylic oxidation sites excluding steroid dienone is 8. The zero-order valence-corrected chi connectivity index (χ0v) is 45.9. The number of rotatable bonds is 53. The number of hydrogen-bond donors (Lipinski definition) is 2. The Labute approximate surface area is 428 Å². The van der Waals surface area contributed by atoms with Gasteiger partial charge in [-0.05, 0) is 44.9 Å². The molecule has 408 valence electrons. The lowest BCUT2D eigenvalue weighted by molar-refractivity contribution is -0.161. The zero-order valence-electron chi connectivity index (χ0n) is 45.0. The molecule has 0 spiro atoms. The third-order valence-corrected chi connectivity index (χ3v) is 13.2. The van der Waals surface area contributed by atoms with Gasteiger partial charge in [-0.25, -0.2) is 4.57 Å². The highest BCUT2D eigenvalue weighted by atomic mass is 31.2. The highest BCUT2D eigenvalue weighted by Crippen LogP contribution is 2.43. The standard InChI is InChI=1S/C58H105O11P/c1-4-7-10-13-16-19-22-24-25-26-27-28-29-31-33-35-38-41-44-47-56(60)65-51-55(69-58(62)49-46-43-40-37-34-30-23-20-17-14-11-8-5-2)53-67-70(63,64)66-52-54(50-59)68-57(61)48-45-42-39-36-32-21-18-15-12-9-6-3/h8,11,17,20,30,34,40,43,54-55,59H,4-7,9-10,12-16,18-19,21-29,31-33,35-39,41-42,44-53H2,1-3H3,(H,63,64)/b11-8-,20-17-,34-30-,43-40-. The molecule has 0 fully saturated rings. The van der Waals surface area contributed by atoms with Crippen LogP contribution < -0.4 is 0 Å². The molecule has 0 rings (SSSR count). The molecule has 0 aromatic heterocycles. The van der Waals surface area contributed by atoms with Crippen molar-refractivity contribution in [1.29, 1.82) is 0 Å². The number of hydrogen-bond acceptors (Lipinski definition) is 10. The van der Waals surface area contributed by atoms with Crippen molar-refractivity contribution in [1.82, 2.24) is 0 Å². The summed E-state index contributed by atoms with van der Waals surface area (Å²) in [6.45, 7) is 4.47. The summed E-state index contributed by atoms with van der Waals surface area (Å²) < 4.78 is 39.4. The van der Waals surface area contributed by atoms with E-state index in [9.17, 15) is 28.9 Å². The first-order chi connectivity index (χ1) is 34.2. The monoisotopic (exact) mass is 1010 g/mol. The number of carbonyl (C=O) groups excluding carboxylic acids is 3. The minimum Gasteiger partial charge on any atom is -0.462 e. The molecule has 0 radical (unpaired) electrons. The summed E-state index contributed by atoms with van der Waals surface area (Å²) in [5, 5.41) is 9.78. The van der Waals surface area contributed by atoms with Crippen LogP contribution in [0.5, 0.6) is 0 Å². The Morgan fingerprint density at radius 1 is 0.414 bits per heavy atom. The van der Waals surface area contributed by atoms with Gasteiger partial charge >= 0.3 is 25.7 Å². The van der Waals surface area contributed by atoms with E-state index >= 15 is 0 Å². The van der Waals surface area contributed by atoms with E-state index in [-0.39, 0.29) is 25.9 Å². The third kappa shape index (κ3) is 50.4. The minimum absolute atomic E-state index is 0.0497. The van der Waals surface area contributed by atoms with Crippen LogP contribution in [-0.2, 0) is 42.2 Å². The van der Waals surface area contributed by atoms with Gasteiger partial charge in [0.15, 0.2) is 6.10 Å². The molecule has 0 aliphatic carbocycles. The highest BCUT2D eigenvalue weighted by molar-refractivity contribution is 7.47. The molecule has 3 unspecified atom stereocenters. The minimum atomic E-state index is -4.76. The Morgan fingerprint density at radius 2 is 0.743 bits per heavy atom. The van der Waals surface area contributed by atoms with Gasteiger partial charge < -0.3 is 24.2 Å². The molecular weight excluding hydrogens is 904 g/mol. The number of phosphoric acid groups is 1. The lowest BCUT2D eigenvalue weighted by Gasteiger charge is -2.21. The summed E-state index contributed by atoms with van der Waals surface area (Å²) >= 11 is 0. The highest BCUT2D eigenvalue weighted by Gasteiger charge is 2.28. The Bertz CT molecular complexity index is 1360. The number of ether oxygens (including phenoxy) is 3. The summed E-state index contributed by atoms with van der Waals surface area (Å²) in [7, 11) is -4.76. The first kappa shape index (κ1) is 67.4. The van der Waals surface area contributed by atoms with E-state index in [0.717, 1.165) is 64.2 Å². The fraction of sp³-hybridized carbons (Fsp3) is 0.810. The predicted octanol–water partition coefficient (Wildman–Crippen LogP) is 16.6. The molecule has 0 aliphatic heterocycles. The maximum Gasteiger partial charge on any atom is 0.472 e. The lowest BCUT2D eigenvalue weighted by atomic mass is 10.0. The van der Waals surface area contributed by atoms with Crippen LogP contribution >= 0.6 is 7.82 Å². The van der Waals surface area contributed by atoms with Crippen LogP contribution in [0, 0.1) is 0 Å². The van der Waals surface area contributed by atoms with Crippen molar-refractivity contribution in [2.45, 2.75) is 277 Å². The van der Waals surface area contributed by atoms with Gasteiger partial charge in [-0.3, -0.25) is 23.4 Å². The Hall–Kier alpha value is -2.56. The number of phosphoric ester groups is 1. The number of aliphatic hydroxyl groups excluding tert-OH is 1. The smallest absolute Gasteiger partial charge is 0.462 e. The molecule has 2 N–H and O–H groups in total. The van der Waals surface area contributed by atoms with Gasteiger partial charge in [0, 0.05) is 19.3 Å². The molecule has 12 heteroatoms. The van der Waals surface area contributed by atoms with Crippen LogP contribution in [0.2, 0.25) is 0 Å². The lowest BCUT2D eigenvalue weighted by Crippen LogP contribution is -2.30. The van der Waals surface area contributed by atoms with Crippen LogP contribution in [0.1, 0.15) is 265 Å². The maximum atomic E-state index is 12.9. The average Bonchev–Trinajstić information content (AvgIpc) is 3.35. The normalized spacial score (nSPS) is 13.7. The molecule has 0 aromatic carbocycles. The van der Waals surface area contributed by atoms with Crippen molar-refractivity contribution in [2.24, 2.45) is 0 Å². The predicted molar refractivity (Wildman–Crippen MR) is 289 cm³/mol. The first-order valence-corrected chi connectivity index (χ1v) is 30.0. The summed E-state index contributed by atoms with van der Waals surface area (Å²) in [5.41, 5.74) is 0. The number of aliphatic hydroxyl groups is 1. The fourth-order valence-electron chi connectivity index (χ4n) is 7.96. The van der Waals surface area contributed by atoms with Gasteiger partial charge in [-0.1, -0.05) is 249 Å². The summed E-state index contributed by atoms with van der Waals surface area (Å²) in [6.07, 6.45) is 55.3. The molecule has 0 heterocycles. The summed E-state index contributed by atoms with van der Waals surface area (Å²) in [4.78, 5) is 48.4. The van der Waals surface area contributed by atoms with E-state index in [0.29, 0.717) is 19.3 Å². The topological polar surface area (TPSA) is 155 Å². The second-order valence-corrected chi connectivity index (χ2v) is 20.5. The zero-order chi connectivity index (χ0) is 51.3. The quantitative estimate of drug-likeness (QED) is 0.0197. The van der Waals surface area contributed by atoms with Crippen molar-refractivity contribution >= 4 is 25.7 Å². The van der Waals surface area contributed by atoms with Crippen molar-refractivity contribution in [3.05, 3.63) is 48.6 Å². The van der Waals surface area contributed by atoms with Gasteiger partial charge in [-0.15, -0.1) is 0 Å². The molecule has 0 aliphatic rings. The second kappa shape index (κ2) is 52.8. The molecule has 0 bridgehead atoms. The van der Waals surface area contributed by atoms with Crippen molar-refractivity contribution in [3.8, 4) is 0 Å². The van der Waals surface area contributed by atoms with Crippen LogP contribution in [-0.4, -0.2) is 66.5 Å². The van der Waals surface area contributed by atoms with Crippen LogP contribution in [0.15, 0.2) is 48.6 Å². The van der Waals surface area contributed by atoms with Crippen LogP contribution in [0.25, 0.3) is 0 Å². The second-order valence-electron chi connectivity index (χ2n) is 19.1. The number of carbonyl (C=O) groups is 3. The van der Waals surface area contributed by atoms with Crippen LogP contribution in [0.4, 0.5) is 0 Å². The molecule has 3 atom stereocenters. The van der Waals surface area contributed by atoms with Crippen molar-refractivity contribution in [3.63, 3.8) is 0 Å². The van der Waals surface area contributed by atoms with E-state index in [1.54, 1.807) is 0 Å². The number of esters is 3. The molecular formula is C58H105O11P. The molecule has 0 amide bonds. The Morgan fingerprint density at radius 3 is 1.14 bits per heavy atom. The van der Waals surface area contributed by atoms with Gasteiger partial charge in [-0.2, -0.15) is 0 Å². The van der Waals surface area contributed by atoms with E-state index in [1.165, 1.54) is 141 Å². The van der Waals surface area contributed by atoms with Crippen LogP contribution in [0.3, 0.4) is 0 Å². The van der Waals surface area contributed by atoms with E-state index in [4.69, 9.17) is 23.3 Å². The summed E-state index contributed by atoms with van der Waals surface area (Å²) in [5.74, 6) is -1.55. The maximum absolute atomic E-state index is 12.9. The van der Waals surface area contributed by atoms with Gasteiger partial charge in [0.2, 0.25) is 0 Å². The SMILES string of the molecule is CC/C=C\C/C=C\C/C=C\C/C=C\CCC(=O)OC(COC(=O)CCCCCCCCCCCCCCCCCCCCC)COP(=O)(O)OCC(CO)OC(=O)CCCCCCCCCCCCC. The average molecular weight is 1010 g/mol. The first-order valence-electron chi connectivity index (χ1n) is 28.5. The van der Waals surface area contributed by atoms with E-state index in [2.05, 4.69) is 57.2 Å². The summed E-state index contributed by atoms with van der Waals surface area (Å²) in [6, 6.07) is 0. The molecule has 70 heavy (non-hydrogen) atoms. The largest absolute Gasteiger partial charge is 0.472 e. The Kier molecular flexibility index (Phi) is 50.8. The fourth-order valence-corrected chi connectivity index (χ4v) is 8.74. The molecule has 11 nitrogen and oxygen atoms in total. The van der Waals surface area contributed by atoms with E-state index < -0.39 is 57.8 Å². The van der Waals surface area contributed by atoms with Gasteiger partial charge in [0.25, 0.3) is 0 Å². The number of unbranched alkanes of at least 4 members (excludes halogenated alkanes) is 28. The van der Waals surface area contributed by atoms with Crippen molar-refractivity contribution < 1.29 is 52.2 Å². The van der Waals surface area contributed by atoms with Crippen molar-refractivity contribution in [2.75, 3.05) is 26.4 Å². The molecule has 0 aromatic rings.